The maximum absolute atomic E-state index is 11.9. The number of hydrogen-bond donors (Lipinski definition) is 2. The zero-order chi connectivity index (χ0) is 13.0. The summed E-state index contributed by atoms with van der Waals surface area (Å²) in [6.07, 6.45) is 1.29. The molecule has 1 aromatic rings. The lowest BCUT2D eigenvalue weighted by Gasteiger charge is -2.16. The van der Waals surface area contributed by atoms with E-state index in [4.69, 9.17) is 10.5 Å². The molecule has 0 bridgehead atoms. The van der Waals surface area contributed by atoms with Crippen molar-refractivity contribution in [2.24, 2.45) is 5.73 Å². The predicted molar refractivity (Wildman–Crippen MR) is 69.8 cm³/mol. The topological polar surface area (TPSA) is 64.4 Å². The molecule has 1 amide bonds. The Kier molecular flexibility index (Phi) is 4.33. The molecule has 0 unspecified atom stereocenters. The summed E-state index contributed by atoms with van der Waals surface area (Å²) in [6.45, 7) is 2.46. The fraction of sp³-hybridized carbons (Fsp3) is 0.500. The molecule has 4 heteroatoms. The number of benzene rings is 1. The van der Waals surface area contributed by atoms with Gasteiger partial charge in [0.2, 0.25) is 5.91 Å². The summed E-state index contributed by atoms with van der Waals surface area (Å²) in [5.74, 6) is -0.0398. The molecule has 1 aromatic carbocycles. The van der Waals surface area contributed by atoms with Gasteiger partial charge in [-0.05, 0) is 25.3 Å². The van der Waals surface area contributed by atoms with E-state index in [-0.39, 0.29) is 24.2 Å². The Labute approximate surface area is 108 Å². The number of nitrogens with one attached hydrogen (secondary N) is 1. The summed E-state index contributed by atoms with van der Waals surface area (Å²) in [5, 5.41) is 2.90. The highest BCUT2D eigenvalue weighted by molar-refractivity contribution is 5.81. The Bertz CT molecular complexity index is 392. The van der Waals surface area contributed by atoms with Crippen LogP contribution in [0.4, 0.5) is 0 Å². The van der Waals surface area contributed by atoms with E-state index in [0.29, 0.717) is 6.54 Å². The van der Waals surface area contributed by atoms with Crippen molar-refractivity contribution in [1.29, 1.82) is 0 Å². The fourth-order valence-electron chi connectivity index (χ4n) is 2.14. The highest BCUT2D eigenvalue weighted by atomic mass is 16.5. The van der Waals surface area contributed by atoms with Gasteiger partial charge in [0.05, 0.1) is 6.10 Å². The molecule has 3 atom stereocenters. The Balaban J connectivity index is 1.79. The highest BCUT2D eigenvalue weighted by Crippen LogP contribution is 2.21. The maximum Gasteiger partial charge on any atom is 0.249 e. The first-order valence-corrected chi connectivity index (χ1v) is 6.39. The molecule has 98 valence electrons. The van der Waals surface area contributed by atoms with E-state index in [0.717, 1.165) is 18.4 Å². The van der Waals surface area contributed by atoms with Crippen molar-refractivity contribution in [2.75, 3.05) is 0 Å². The average Bonchev–Trinajstić information content (AvgIpc) is 2.87. The van der Waals surface area contributed by atoms with Crippen LogP contribution in [0.5, 0.6) is 0 Å². The summed E-state index contributed by atoms with van der Waals surface area (Å²) >= 11 is 0. The van der Waals surface area contributed by atoms with Crippen LogP contribution >= 0.6 is 0 Å². The quantitative estimate of drug-likeness (QED) is 0.841. The van der Waals surface area contributed by atoms with Crippen LogP contribution in [0, 0.1) is 0 Å². The minimum Gasteiger partial charge on any atom is -0.364 e. The van der Waals surface area contributed by atoms with Gasteiger partial charge in [0, 0.05) is 12.6 Å². The highest BCUT2D eigenvalue weighted by Gasteiger charge is 2.32. The molecular formula is C14H20N2O2. The first-order valence-electron chi connectivity index (χ1n) is 6.39. The molecule has 1 heterocycles. The maximum atomic E-state index is 11.9. The van der Waals surface area contributed by atoms with Crippen LogP contribution in [0.2, 0.25) is 0 Å². The van der Waals surface area contributed by atoms with Gasteiger partial charge >= 0.3 is 0 Å². The van der Waals surface area contributed by atoms with Crippen LogP contribution in [-0.4, -0.2) is 24.2 Å². The van der Waals surface area contributed by atoms with Crippen LogP contribution in [-0.2, 0) is 16.1 Å². The van der Waals surface area contributed by atoms with Gasteiger partial charge in [0.1, 0.15) is 6.10 Å². The molecule has 1 saturated heterocycles. The predicted octanol–water partition coefficient (Wildman–Crippen LogP) is 1.20. The third-order valence-electron chi connectivity index (χ3n) is 3.24. The molecule has 3 N–H and O–H groups in total. The second-order valence-electron chi connectivity index (χ2n) is 4.80. The van der Waals surface area contributed by atoms with Crippen LogP contribution in [0.25, 0.3) is 0 Å². The lowest BCUT2D eigenvalue weighted by atomic mass is 10.1. The first kappa shape index (κ1) is 13.1. The zero-order valence-electron chi connectivity index (χ0n) is 10.6. The molecule has 0 aliphatic carbocycles. The molecule has 1 aliphatic heterocycles. The number of carbonyl (C=O) groups is 1. The summed E-state index contributed by atoms with van der Waals surface area (Å²) < 4.78 is 5.64. The van der Waals surface area contributed by atoms with E-state index in [1.54, 1.807) is 0 Å². The van der Waals surface area contributed by atoms with Crippen molar-refractivity contribution < 1.29 is 9.53 Å². The van der Waals surface area contributed by atoms with Crippen LogP contribution in [0.15, 0.2) is 30.3 Å². The number of amides is 1. The van der Waals surface area contributed by atoms with Crippen molar-refractivity contribution in [3.8, 4) is 0 Å². The molecule has 1 aliphatic rings. The van der Waals surface area contributed by atoms with Gasteiger partial charge < -0.3 is 15.8 Å². The minimum absolute atomic E-state index is 0.0116. The molecule has 0 spiro atoms. The van der Waals surface area contributed by atoms with Gasteiger partial charge in [-0.2, -0.15) is 0 Å². The van der Waals surface area contributed by atoms with Crippen LogP contribution in [0.3, 0.4) is 0 Å². The van der Waals surface area contributed by atoms with Crippen molar-refractivity contribution in [1.82, 2.24) is 5.32 Å². The van der Waals surface area contributed by atoms with Crippen LogP contribution < -0.4 is 11.1 Å². The largest absolute Gasteiger partial charge is 0.364 e. The van der Waals surface area contributed by atoms with Gasteiger partial charge in [0.25, 0.3) is 0 Å². The van der Waals surface area contributed by atoms with Gasteiger partial charge in [-0.15, -0.1) is 0 Å². The Morgan fingerprint density at radius 3 is 2.78 bits per heavy atom. The standard InChI is InChI=1S/C14H20N2O2/c1-10(15)12-7-8-13(18-12)14(17)16-9-11-5-3-2-4-6-11/h2-6,10,12-13H,7-9,15H2,1H3,(H,16,17)/t10-,12-,13+/m1/s1. The smallest absolute Gasteiger partial charge is 0.249 e. The van der Waals surface area contributed by atoms with E-state index in [1.165, 1.54) is 0 Å². The minimum atomic E-state index is -0.343. The third-order valence-corrected chi connectivity index (χ3v) is 3.24. The van der Waals surface area contributed by atoms with Gasteiger partial charge in [-0.25, -0.2) is 0 Å². The van der Waals surface area contributed by atoms with Crippen molar-refractivity contribution in [3.05, 3.63) is 35.9 Å². The summed E-state index contributed by atoms with van der Waals surface area (Å²) in [7, 11) is 0. The first-order chi connectivity index (χ1) is 8.66. The van der Waals surface area contributed by atoms with E-state index in [9.17, 15) is 4.79 Å². The summed E-state index contributed by atoms with van der Waals surface area (Å²) in [5.41, 5.74) is 6.86. The molecule has 1 fully saturated rings. The van der Waals surface area contributed by atoms with Gasteiger partial charge in [-0.1, -0.05) is 30.3 Å². The molecular weight excluding hydrogens is 228 g/mol. The Hall–Kier alpha value is -1.39. The number of hydrogen-bond acceptors (Lipinski definition) is 3. The normalized spacial score (nSPS) is 24.8. The number of rotatable bonds is 4. The molecule has 4 nitrogen and oxygen atoms in total. The van der Waals surface area contributed by atoms with Crippen LogP contribution in [0.1, 0.15) is 25.3 Å². The second-order valence-corrected chi connectivity index (χ2v) is 4.80. The van der Waals surface area contributed by atoms with Gasteiger partial charge in [0.15, 0.2) is 0 Å². The molecule has 18 heavy (non-hydrogen) atoms. The van der Waals surface area contributed by atoms with E-state index < -0.39 is 0 Å². The fourth-order valence-corrected chi connectivity index (χ4v) is 2.14. The lowest BCUT2D eigenvalue weighted by Crippen LogP contribution is -2.37. The van der Waals surface area contributed by atoms with Gasteiger partial charge in [-0.3, -0.25) is 4.79 Å². The Morgan fingerprint density at radius 1 is 1.44 bits per heavy atom. The second kappa shape index (κ2) is 5.98. The molecule has 2 rings (SSSR count). The number of carbonyl (C=O) groups excluding carboxylic acids is 1. The average molecular weight is 248 g/mol. The lowest BCUT2D eigenvalue weighted by molar-refractivity contribution is -0.132. The van der Waals surface area contributed by atoms with Crippen molar-refractivity contribution in [3.63, 3.8) is 0 Å². The zero-order valence-corrected chi connectivity index (χ0v) is 10.6. The molecule has 0 saturated carbocycles. The number of nitrogens with two attached hydrogens (primary N) is 1. The van der Waals surface area contributed by atoms with E-state index in [1.807, 2.05) is 37.3 Å². The van der Waals surface area contributed by atoms with Crippen molar-refractivity contribution in [2.45, 2.75) is 44.6 Å². The summed E-state index contributed by atoms with van der Waals surface area (Å²) in [4.78, 5) is 11.9. The molecule has 0 radical (unpaired) electrons. The van der Waals surface area contributed by atoms with Crippen molar-refractivity contribution >= 4 is 5.91 Å². The SMILES string of the molecule is C[C@@H](N)[C@H]1CC[C@@H](C(=O)NCc2ccccc2)O1. The monoisotopic (exact) mass is 248 g/mol. The Morgan fingerprint density at radius 2 is 2.17 bits per heavy atom. The van der Waals surface area contributed by atoms with E-state index in [2.05, 4.69) is 5.32 Å². The number of ether oxygens (including phenoxy) is 1. The molecule has 0 aromatic heterocycles. The summed E-state index contributed by atoms with van der Waals surface area (Å²) in [6, 6.07) is 9.83. The third kappa shape index (κ3) is 3.31. The van der Waals surface area contributed by atoms with E-state index >= 15 is 0 Å².